The SMILES string of the molecule is O=Cc1ccccc1OCC(=O)NCCCOCCOCCOCCCNC(=O)O. The first kappa shape index (κ1) is 25.3. The van der Waals surface area contributed by atoms with Crippen molar-refractivity contribution in [3.8, 4) is 5.75 Å². The molecule has 10 heteroatoms. The fraction of sp³-hybridized carbons (Fsp3) is 0.550. The van der Waals surface area contributed by atoms with Crippen molar-refractivity contribution in [1.29, 1.82) is 0 Å². The molecule has 0 aliphatic carbocycles. The molecule has 3 N–H and O–H groups in total. The maximum Gasteiger partial charge on any atom is 0.404 e. The predicted octanol–water partition coefficient (Wildman–Crippen LogP) is 1.09. The third-order valence-corrected chi connectivity index (χ3v) is 3.68. The van der Waals surface area contributed by atoms with Gasteiger partial charge >= 0.3 is 6.09 Å². The number of hydrogen-bond acceptors (Lipinski definition) is 7. The van der Waals surface area contributed by atoms with Crippen molar-refractivity contribution in [3.63, 3.8) is 0 Å². The molecule has 0 aliphatic heterocycles. The molecule has 0 aliphatic rings. The van der Waals surface area contributed by atoms with Crippen LogP contribution in [0.15, 0.2) is 24.3 Å². The van der Waals surface area contributed by atoms with Crippen molar-refractivity contribution in [2.45, 2.75) is 12.8 Å². The van der Waals surface area contributed by atoms with Crippen molar-refractivity contribution < 1.29 is 38.4 Å². The van der Waals surface area contributed by atoms with Gasteiger partial charge in [0.1, 0.15) is 5.75 Å². The summed E-state index contributed by atoms with van der Waals surface area (Å²) < 4.78 is 21.4. The van der Waals surface area contributed by atoms with E-state index in [9.17, 15) is 14.4 Å². The van der Waals surface area contributed by atoms with E-state index in [1.807, 2.05) is 0 Å². The van der Waals surface area contributed by atoms with Crippen molar-refractivity contribution >= 4 is 18.3 Å². The third-order valence-electron chi connectivity index (χ3n) is 3.68. The van der Waals surface area contributed by atoms with Gasteiger partial charge in [-0.25, -0.2) is 4.79 Å². The minimum absolute atomic E-state index is 0.155. The van der Waals surface area contributed by atoms with Gasteiger partial charge in [0.05, 0.1) is 32.0 Å². The first-order chi connectivity index (χ1) is 14.6. The maximum atomic E-state index is 11.7. The van der Waals surface area contributed by atoms with Gasteiger partial charge in [0.15, 0.2) is 12.9 Å². The highest BCUT2D eigenvalue weighted by Gasteiger charge is 2.05. The highest BCUT2D eigenvalue weighted by Crippen LogP contribution is 2.15. The zero-order chi connectivity index (χ0) is 21.9. The third kappa shape index (κ3) is 13.5. The van der Waals surface area contributed by atoms with Crippen LogP contribution in [0.5, 0.6) is 5.75 Å². The average Bonchev–Trinajstić information content (AvgIpc) is 2.74. The second kappa shape index (κ2) is 17.2. The molecular formula is C20H30N2O8. The van der Waals surface area contributed by atoms with E-state index in [1.54, 1.807) is 24.3 Å². The summed E-state index contributed by atoms with van der Waals surface area (Å²) in [4.78, 5) is 32.8. The lowest BCUT2D eigenvalue weighted by Crippen LogP contribution is -2.30. The standard InChI is InChI=1S/C20H30N2O8/c23-15-17-5-1-2-6-18(17)30-16-19(24)21-7-3-9-27-11-13-29-14-12-28-10-4-8-22-20(25)26/h1-2,5-6,15,22H,3-4,7-14,16H2,(H,21,24)(H,25,26). The molecule has 0 spiro atoms. The molecule has 0 saturated heterocycles. The van der Waals surface area contributed by atoms with E-state index in [0.717, 1.165) is 0 Å². The van der Waals surface area contributed by atoms with Gasteiger partial charge in [0, 0.05) is 26.3 Å². The molecule has 0 bridgehead atoms. The smallest absolute Gasteiger partial charge is 0.404 e. The van der Waals surface area contributed by atoms with Gasteiger partial charge in [-0.1, -0.05) is 12.1 Å². The van der Waals surface area contributed by atoms with Crippen LogP contribution in [0, 0.1) is 0 Å². The summed E-state index contributed by atoms with van der Waals surface area (Å²) in [5.74, 6) is 0.115. The second-order valence-electron chi connectivity index (χ2n) is 6.07. The average molecular weight is 426 g/mol. The molecule has 0 heterocycles. The van der Waals surface area contributed by atoms with Gasteiger partial charge in [-0.15, -0.1) is 0 Å². The molecule has 10 nitrogen and oxygen atoms in total. The van der Waals surface area contributed by atoms with Crippen LogP contribution in [-0.2, 0) is 19.0 Å². The van der Waals surface area contributed by atoms with Gasteiger partial charge in [-0.3, -0.25) is 9.59 Å². The minimum Gasteiger partial charge on any atom is -0.483 e. The largest absolute Gasteiger partial charge is 0.483 e. The molecule has 0 aromatic heterocycles. The Morgan fingerprint density at radius 3 is 2.03 bits per heavy atom. The molecule has 1 rings (SSSR count). The van der Waals surface area contributed by atoms with Gasteiger partial charge in [-0.05, 0) is 25.0 Å². The summed E-state index contributed by atoms with van der Waals surface area (Å²) in [7, 11) is 0. The molecule has 0 atom stereocenters. The lowest BCUT2D eigenvalue weighted by molar-refractivity contribution is -0.123. The van der Waals surface area contributed by atoms with E-state index in [4.69, 9.17) is 24.1 Å². The molecule has 30 heavy (non-hydrogen) atoms. The van der Waals surface area contributed by atoms with Crippen molar-refractivity contribution in [2.75, 3.05) is 59.3 Å². The molecule has 1 aromatic carbocycles. The first-order valence-corrected chi connectivity index (χ1v) is 9.77. The summed E-state index contributed by atoms with van der Waals surface area (Å²) >= 11 is 0. The van der Waals surface area contributed by atoms with Crippen LogP contribution in [0.25, 0.3) is 0 Å². The van der Waals surface area contributed by atoms with Crippen LogP contribution in [0.1, 0.15) is 23.2 Å². The Bertz CT molecular complexity index is 627. The van der Waals surface area contributed by atoms with Gasteiger partial charge < -0.3 is 34.7 Å². The number of rotatable bonds is 18. The van der Waals surface area contributed by atoms with Crippen LogP contribution >= 0.6 is 0 Å². The molecule has 1 aromatic rings. The molecular weight excluding hydrogens is 396 g/mol. The van der Waals surface area contributed by atoms with Crippen LogP contribution in [0.4, 0.5) is 4.79 Å². The number of amides is 2. The Kier molecular flexibility index (Phi) is 14.5. The van der Waals surface area contributed by atoms with E-state index < -0.39 is 6.09 Å². The Morgan fingerprint density at radius 2 is 1.43 bits per heavy atom. The molecule has 2 amide bonds. The second-order valence-corrected chi connectivity index (χ2v) is 6.07. The summed E-state index contributed by atoms with van der Waals surface area (Å²) in [6, 6.07) is 6.72. The lowest BCUT2D eigenvalue weighted by atomic mass is 10.2. The van der Waals surface area contributed by atoms with Crippen LogP contribution in [0.3, 0.4) is 0 Å². The number of para-hydroxylation sites is 1. The van der Waals surface area contributed by atoms with E-state index in [0.29, 0.717) is 83.2 Å². The van der Waals surface area contributed by atoms with E-state index in [1.165, 1.54) is 0 Å². The Hall–Kier alpha value is -2.69. The van der Waals surface area contributed by atoms with E-state index in [-0.39, 0.29) is 12.5 Å². The predicted molar refractivity (Wildman–Crippen MR) is 108 cm³/mol. The molecule has 0 radical (unpaired) electrons. The monoisotopic (exact) mass is 426 g/mol. The number of carboxylic acid groups (broad SMARTS) is 1. The number of aldehydes is 1. The normalized spacial score (nSPS) is 10.4. The quantitative estimate of drug-likeness (QED) is 0.235. The number of benzene rings is 1. The van der Waals surface area contributed by atoms with Gasteiger partial charge in [0.25, 0.3) is 5.91 Å². The Balaban J connectivity index is 1.85. The topological polar surface area (TPSA) is 132 Å². The maximum absolute atomic E-state index is 11.7. The molecule has 0 unspecified atom stereocenters. The summed E-state index contributed by atoms with van der Waals surface area (Å²) in [6.45, 7) is 3.41. The lowest BCUT2D eigenvalue weighted by Gasteiger charge is -2.09. The van der Waals surface area contributed by atoms with E-state index >= 15 is 0 Å². The molecule has 0 fully saturated rings. The van der Waals surface area contributed by atoms with Crippen molar-refractivity contribution in [2.24, 2.45) is 0 Å². The number of carbonyl (C=O) groups excluding carboxylic acids is 2. The Labute approximate surface area is 175 Å². The number of nitrogens with one attached hydrogen (secondary N) is 2. The Morgan fingerprint density at radius 1 is 0.867 bits per heavy atom. The van der Waals surface area contributed by atoms with Gasteiger partial charge in [0.2, 0.25) is 0 Å². The fourth-order valence-corrected chi connectivity index (χ4v) is 2.22. The zero-order valence-corrected chi connectivity index (χ0v) is 17.0. The zero-order valence-electron chi connectivity index (χ0n) is 17.0. The highest BCUT2D eigenvalue weighted by atomic mass is 16.5. The summed E-state index contributed by atoms with van der Waals surface area (Å²) in [5.41, 5.74) is 0.403. The molecule has 0 saturated carbocycles. The van der Waals surface area contributed by atoms with Crippen molar-refractivity contribution in [3.05, 3.63) is 29.8 Å². The van der Waals surface area contributed by atoms with Crippen LogP contribution in [-0.4, -0.2) is 82.7 Å². The highest BCUT2D eigenvalue weighted by molar-refractivity contribution is 5.80. The fourth-order valence-electron chi connectivity index (χ4n) is 2.22. The number of carbonyl (C=O) groups is 3. The van der Waals surface area contributed by atoms with Gasteiger partial charge in [-0.2, -0.15) is 0 Å². The summed E-state index contributed by atoms with van der Waals surface area (Å²) in [6.07, 6.45) is 0.922. The van der Waals surface area contributed by atoms with Crippen LogP contribution < -0.4 is 15.4 Å². The number of ether oxygens (including phenoxy) is 4. The number of hydrogen-bond donors (Lipinski definition) is 3. The molecule has 168 valence electrons. The van der Waals surface area contributed by atoms with Crippen molar-refractivity contribution in [1.82, 2.24) is 10.6 Å². The van der Waals surface area contributed by atoms with Crippen LogP contribution in [0.2, 0.25) is 0 Å². The first-order valence-electron chi connectivity index (χ1n) is 9.77. The summed E-state index contributed by atoms with van der Waals surface area (Å²) in [5, 5.41) is 13.4. The van der Waals surface area contributed by atoms with E-state index in [2.05, 4.69) is 10.6 Å². The minimum atomic E-state index is -1.04.